The van der Waals surface area contributed by atoms with Crippen LogP contribution in [0.5, 0.6) is 0 Å². The van der Waals surface area contributed by atoms with Gasteiger partial charge in [0.25, 0.3) is 0 Å². The Bertz CT molecular complexity index is 596. The summed E-state index contributed by atoms with van der Waals surface area (Å²) in [5.74, 6) is -1.45. The monoisotopic (exact) mass is 366 g/mol. The van der Waals surface area contributed by atoms with Gasteiger partial charge in [0.15, 0.2) is 9.84 Å². The molecule has 1 aromatic rings. The Labute approximate surface area is 125 Å². The molecule has 0 saturated carbocycles. The first kappa shape index (κ1) is 16.5. The fourth-order valence-corrected chi connectivity index (χ4v) is 4.81. The number of hydrogen-bond donors (Lipinski definition) is 1. The number of carboxylic acid groups (broad SMARTS) is 1. The number of rotatable bonds is 5. The van der Waals surface area contributed by atoms with E-state index in [4.69, 9.17) is 5.11 Å². The van der Waals surface area contributed by atoms with E-state index in [1.165, 1.54) is 11.8 Å². The molecule has 0 bridgehead atoms. The summed E-state index contributed by atoms with van der Waals surface area (Å²) in [6, 6.07) is 3.34. The Kier molecular flexibility index (Phi) is 5.46. The van der Waals surface area contributed by atoms with Gasteiger partial charge in [-0.2, -0.15) is 0 Å². The van der Waals surface area contributed by atoms with Crippen LogP contribution in [0.3, 0.4) is 0 Å². The molecule has 0 aromatic heterocycles. The Hall–Kier alpha value is -0.530. The van der Waals surface area contributed by atoms with Crippen LogP contribution in [0.15, 0.2) is 26.4 Å². The summed E-state index contributed by atoms with van der Waals surface area (Å²) in [7, 11) is -3.34. The van der Waals surface area contributed by atoms with Gasteiger partial charge in [0, 0.05) is 15.6 Å². The van der Waals surface area contributed by atoms with Crippen molar-refractivity contribution in [3.8, 4) is 0 Å². The lowest BCUT2D eigenvalue weighted by molar-refractivity contribution is -0.141. The lowest BCUT2D eigenvalue weighted by atomic mass is 10.0. The first-order valence-electron chi connectivity index (χ1n) is 5.46. The van der Waals surface area contributed by atoms with Crippen molar-refractivity contribution < 1.29 is 18.3 Å². The molecule has 0 aliphatic rings. The summed E-state index contributed by atoms with van der Waals surface area (Å²) >= 11 is 4.69. The summed E-state index contributed by atoms with van der Waals surface area (Å²) in [5.41, 5.74) is 0.694. The van der Waals surface area contributed by atoms with Crippen molar-refractivity contribution in [2.24, 2.45) is 5.92 Å². The molecule has 1 N–H and O–H groups in total. The normalized spacial score (nSPS) is 13.3. The molecule has 1 rings (SSSR count). The second kappa shape index (κ2) is 6.28. The van der Waals surface area contributed by atoms with E-state index in [0.717, 1.165) is 6.26 Å². The summed E-state index contributed by atoms with van der Waals surface area (Å²) in [5, 5.41) is 8.91. The zero-order valence-electron chi connectivity index (χ0n) is 10.8. The number of benzene rings is 1. The predicted octanol–water partition coefficient (Wildman–Crippen LogP) is 2.84. The number of carbonyl (C=O) groups is 1. The molecule has 0 aliphatic heterocycles. The average Bonchev–Trinajstić information content (AvgIpc) is 2.26. The highest BCUT2D eigenvalue weighted by Gasteiger charge is 2.19. The Morgan fingerprint density at radius 3 is 2.47 bits per heavy atom. The van der Waals surface area contributed by atoms with Crippen molar-refractivity contribution in [1.82, 2.24) is 0 Å². The number of halogens is 1. The Balaban J connectivity index is 3.32. The maximum Gasteiger partial charge on any atom is 0.306 e. The highest BCUT2D eigenvalue weighted by molar-refractivity contribution is 9.10. The lowest BCUT2D eigenvalue weighted by Crippen LogP contribution is -2.13. The summed E-state index contributed by atoms with van der Waals surface area (Å²) < 4.78 is 24.2. The molecule has 0 aliphatic carbocycles. The van der Waals surface area contributed by atoms with Crippen molar-refractivity contribution in [2.75, 3.05) is 12.5 Å². The van der Waals surface area contributed by atoms with Crippen molar-refractivity contribution >= 4 is 43.5 Å². The van der Waals surface area contributed by atoms with Gasteiger partial charge in [-0.3, -0.25) is 4.79 Å². The predicted molar refractivity (Wildman–Crippen MR) is 79.5 cm³/mol. The number of hydrogen-bond acceptors (Lipinski definition) is 4. The van der Waals surface area contributed by atoms with E-state index in [1.807, 2.05) is 0 Å². The number of carboxylic acids is 1. The van der Waals surface area contributed by atoms with E-state index in [-0.39, 0.29) is 4.90 Å². The van der Waals surface area contributed by atoms with Crippen molar-refractivity contribution in [1.29, 1.82) is 0 Å². The maximum absolute atomic E-state index is 11.8. The fraction of sp³-hybridized carbons (Fsp3) is 0.417. The first-order chi connectivity index (χ1) is 8.66. The molecule has 106 valence electrons. The SMILES string of the molecule is CSc1c(Br)cc(CC(C)C(=O)O)cc1S(C)(=O)=O. The minimum absolute atomic E-state index is 0.238. The van der Waals surface area contributed by atoms with Crippen LogP contribution in [0.2, 0.25) is 0 Å². The van der Waals surface area contributed by atoms with Crippen molar-refractivity contribution in [3.05, 3.63) is 22.2 Å². The van der Waals surface area contributed by atoms with Gasteiger partial charge in [0.2, 0.25) is 0 Å². The highest BCUT2D eigenvalue weighted by atomic mass is 79.9. The van der Waals surface area contributed by atoms with Crippen LogP contribution in [0, 0.1) is 5.92 Å². The molecule has 0 fully saturated rings. The highest BCUT2D eigenvalue weighted by Crippen LogP contribution is 2.34. The fourth-order valence-electron chi connectivity index (χ4n) is 1.65. The van der Waals surface area contributed by atoms with Gasteiger partial charge in [-0.1, -0.05) is 6.92 Å². The van der Waals surface area contributed by atoms with E-state index in [0.29, 0.717) is 21.4 Å². The summed E-state index contributed by atoms with van der Waals surface area (Å²) in [6.07, 6.45) is 3.25. The number of sulfone groups is 1. The van der Waals surface area contributed by atoms with Crippen LogP contribution >= 0.6 is 27.7 Å². The molecule has 1 aromatic carbocycles. The smallest absolute Gasteiger partial charge is 0.306 e. The molecule has 1 unspecified atom stereocenters. The van der Waals surface area contributed by atoms with Crippen LogP contribution in [-0.4, -0.2) is 32.0 Å². The third-order valence-corrected chi connectivity index (χ3v) is 5.62. The van der Waals surface area contributed by atoms with E-state index in [2.05, 4.69) is 15.9 Å². The van der Waals surface area contributed by atoms with Crippen LogP contribution in [0.4, 0.5) is 0 Å². The second-order valence-electron chi connectivity index (χ2n) is 4.32. The van der Waals surface area contributed by atoms with Crippen LogP contribution in [0.25, 0.3) is 0 Å². The largest absolute Gasteiger partial charge is 0.481 e. The van der Waals surface area contributed by atoms with Crippen LogP contribution < -0.4 is 0 Å². The van der Waals surface area contributed by atoms with Gasteiger partial charge in [-0.05, 0) is 46.3 Å². The number of thioether (sulfide) groups is 1. The molecule has 0 radical (unpaired) electrons. The first-order valence-corrected chi connectivity index (χ1v) is 9.37. The van der Waals surface area contributed by atoms with Gasteiger partial charge in [0.05, 0.1) is 10.8 Å². The molecule has 0 saturated heterocycles. The molecule has 0 amide bonds. The summed E-state index contributed by atoms with van der Waals surface area (Å²) in [6.45, 7) is 1.60. The standard InChI is InChI=1S/C12H15BrO4S2/c1-7(12(14)15)4-8-5-9(13)11(18-2)10(6-8)19(3,16)17/h5-7H,4H2,1-3H3,(H,14,15). The molecular formula is C12H15BrO4S2. The van der Waals surface area contributed by atoms with Crippen molar-refractivity contribution in [2.45, 2.75) is 23.1 Å². The topological polar surface area (TPSA) is 71.4 Å². The van der Waals surface area contributed by atoms with E-state index >= 15 is 0 Å². The molecule has 1 atom stereocenters. The van der Waals surface area contributed by atoms with E-state index < -0.39 is 21.7 Å². The Morgan fingerprint density at radius 2 is 2.05 bits per heavy atom. The van der Waals surface area contributed by atoms with E-state index in [9.17, 15) is 13.2 Å². The zero-order chi connectivity index (χ0) is 14.8. The molecule has 0 spiro atoms. The Morgan fingerprint density at radius 1 is 1.47 bits per heavy atom. The minimum Gasteiger partial charge on any atom is -0.481 e. The average molecular weight is 367 g/mol. The van der Waals surface area contributed by atoms with Gasteiger partial charge in [-0.25, -0.2) is 8.42 Å². The third kappa shape index (κ3) is 4.22. The molecule has 7 heteroatoms. The lowest BCUT2D eigenvalue weighted by Gasteiger charge is -2.12. The summed E-state index contributed by atoms with van der Waals surface area (Å²) in [4.78, 5) is 11.7. The molecular weight excluding hydrogens is 352 g/mol. The quantitative estimate of drug-likeness (QED) is 0.811. The van der Waals surface area contributed by atoms with Crippen LogP contribution in [0.1, 0.15) is 12.5 Å². The maximum atomic E-state index is 11.8. The molecule has 4 nitrogen and oxygen atoms in total. The molecule has 0 heterocycles. The third-order valence-electron chi connectivity index (χ3n) is 2.64. The van der Waals surface area contributed by atoms with Gasteiger partial charge in [0.1, 0.15) is 0 Å². The second-order valence-corrected chi connectivity index (χ2v) is 7.98. The number of aliphatic carboxylic acids is 1. The minimum atomic E-state index is -3.34. The van der Waals surface area contributed by atoms with Crippen molar-refractivity contribution in [3.63, 3.8) is 0 Å². The molecule has 19 heavy (non-hydrogen) atoms. The van der Waals surface area contributed by atoms with Gasteiger partial charge >= 0.3 is 5.97 Å². The van der Waals surface area contributed by atoms with Gasteiger partial charge < -0.3 is 5.11 Å². The zero-order valence-corrected chi connectivity index (χ0v) is 14.0. The van der Waals surface area contributed by atoms with E-state index in [1.54, 1.807) is 25.3 Å². The van der Waals surface area contributed by atoms with Crippen LogP contribution in [-0.2, 0) is 21.1 Å². The van der Waals surface area contributed by atoms with Gasteiger partial charge in [-0.15, -0.1) is 11.8 Å².